The first-order valence-corrected chi connectivity index (χ1v) is 6.46. The molecule has 2 aliphatic rings. The molecule has 0 bridgehead atoms. The Labute approximate surface area is 112 Å². The summed E-state index contributed by atoms with van der Waals surface area (Å²) in [5, 5.41) is 0. The molecule has 0 atom stereocenters. The van der Waals surface area contributed by atoms with E-state index in [0.29, 0.717) is 26.4 Å². The second-order valence-electron chi connectivity index (χ2n) is 5.46. The maximum atomic E-state index is 12.3. The highest BCUT2D eigenvalue weighted by atomic mass is 16.6. The predicted molar refractivity (Wildman–Crippen MR) is 68.9 cm³/mol. The van der Waals surface area contributed by atoms with E-state index < -0.39 is 5.41 Å². The maximum Gasteiger partial charge on any atom is 0.317 e. The van der Waals surface area contributed by atoms with Crippen molar-refractivity contribution in [3.63, 3.8) is 0 Å². The summed E-state index contributed by atoms with van der Waals surface area (Å²) >= 11 is 0. The minimum absolute atomic E-state index is 0.190. The predicted octanol–water partition coefficient (Wildman–Crippen LogP) is 1.45. The topological polar surface area (TPSA) is 44.8 Å². The van der Waals surface area contributed by atoms with Gasteiger partial charge in [0, 0.05) is 0 Å². The first-order chi connectivity index (χ1) is 9.16. The van der Waals surface area contributed by atoms with E-state index in [9.17, 15) is 4.79 Å². The lowest BCUT2D eigenvalue weighted by Crippen LogP contribution is -2.70. The Kier molecular flexibility index (Phi) is 2.87. The number of carbonyl (C=O) groups excluding carboxylic acids is 1. The van der Waals surface area contributed by atoms with Gasteiger partial charge in [-0.05, 0) is 18.1 Å². The molecule has 2 fully saturated rings. The molecule has 0 aliphatic carbocycles. The molecular formula is C15H18O4. The van der Waals surface area contributed by atoms with E-state index in [1.807, 2.05) is 12.1 Å². The van der Waals surface area contributed by atoms with Gasteiger partial charge in [-0.3, -0.25) is 4.79 Å². The zero-order valence-electron chi connectivity index (χ0n) is 11.3. The van der Waals surface area contributed by atoms with E-state index in [2.05, 4.69) is 19.1 Å². The van der Waals surface area contributed by atoms with Crippen molar-refractivity contribution in [1.82, 2.24) is 0 Å². The van der Waals surface area contributed by atoms with Crippen LogP contribution in [0.4, 0.5) is 0 Å². The molecule has 0 aromatic heterocycles. The van der Waals surface area contributed by atoms with Crippen LogP contribution < -0.4 is 0 Å². The number of benzene rings is 1. The summed E-state index contributed by atoms with van der Waals surface area (Å²) in [6.45, 7) is 4.00. The fourth-order valence-electron chi connectivity index (χ4n) is 3.20. The number of hydrogen-bond donors (Lipinski definition) is 0. The van der Waals surface area contributed by atoms with Crippen molar-refractivity contribution in [3.8, 4) is 0 Å². The summed E-state index contributed by atoms with van der Waals surface area (Å²) in [5.41, 5.74) is 1.46. The van der Waals surface area contributed by atoms with Crippen LogP contribution in [0.15, 0.2) is 24.3 Å². The zero-order chi connectivity index (χ0) is 13.5. The third-order valence-electron chi connectivity index (χ3n) is 4.55. The van der Waals surface area contributed by atoms with Gasteiger partial charge in [-0.1, -0.05) is 24.3 Å². The quantitative estimate of drug-likeness (QED) is 0.773. The Morgan fingerprint density at radius 2 is 1.79 bits per heavy atom. The molecule has 2 aliphatic heterocycles. The molecule has 0 spiro atoms. The Bertz CT molecular complexity index is 501. The molecule has 4 heteroatoms. The molecule has 0 amide bonds. The number of rotatable bonds is 3. The maximum absolute atomic E-state index is 12.3. The smallest absolute Gasteiger partial charge is 0.317 e. The first-order valence-electron chi connectivity index (χ1n) is 6.46. The molecule has 102 valence electrons. The Balaban J connectivity index is 2.09. The molecule has 0 radical (unpaired) electrons. The number of esters is 1. The largest absolute Gasteiger partial charge is 0.468 e. The lowest BCUT2D eigenvalue weighted by Gasteiger charge is -2.57. The molecule has 19 heavy (non-hydrogen) atoms. The van der Waals surface area contributed by atoms with Gasteiger partial charge < -0.3 is 14.2 Å². The number of methoxy groups -OCH3 is 1. The van der Waals surface area contributed by atoms with E-state index in [0.717, 1.165) is 0 Å². The van der Waals surface area contributed by atoms with Gasteiger partial charge in [0.05, 0.1) is 39.0 Å². The molecular weight excluding hydrogens is 244 g/mol. The van der Waals surface area contributed by atoms with Gasteiger partial charge in [0.1, 0.15) is 5.41 Å². The average Bonchev–Trinajstić information content (AvgIpc) is 2.32. The van der Waals surface area contributed by atoms with Crippen molar-refractivity contribution >= 4 is 5.97 Å². The monoisotopic (exact) mass is 262 g/mol. The van der Waals surface area contributed by atoms with Crippen LogP contribution in [-0.2, 0) is 24.4 Å². The van der Waals surface area contributed by atoms with Crippen molar-refractivity contribution < 1.29 is 19.0 Å². The fraction of sp³-hybridized carbons (Fsp3) is 0.533. The Hall–Kier alpha value is -1.39. The molecule has 2 heterocycles. The van der Waals surface area contributed by atoms with Crippen molar-refractivity contribution in [3.05, 3.63) is 35.4 Å². The molecule has 4 nitrogen and oxygen atoms in total. The highest BCUT2D eigenvalue weighted by Gasteiger charge is 2.66. The first kappa shape index (κ1) is 12.6. The van der Waals surface area contributed by atoms with E-state index >= 15 is 0 Å². The molecule has 0 saturated carbocycles. The van der Waals surface area contributed by atoms with Crippen LogP contribution in [0.2, 0.25) is 0 Å². The Morgan fingerprint density at radius 3 is 2.21 bits per heavy atom. The van der Waals surface area contributed by atoms with Gasteiger partial charge >= 0.3 is 5.97 Å². The number of hydrogen-bond acceptors (Lipinski definition) is 4. The van der Waals surface area contributed by atoms with Gasteiger partial charge in [-0.15, -0.1) is 0 Å². The van der Waals surface area contributed by atoms with Crippen molar-refractivity contribution in [2.45, 2.75) is 12.3 Å². The average molecular weight is 262 g/mol. The second kappa shape index (κ2) is 4.32. The third kappa shape index (κ3) is 1.50. The highest BCUT2D eigenvalue weighted by Crippen LogP contribution is 2.53. The minimum Gasteiger partial charge on any atom is -0.468 e. The lowest BCUT2D eigenvalue weighted by molar-refractivity contribution is -0.238. The molecule has 3 rings (SSSR count). The van der Waals surface area contributed by atoms with Crippen LogP contribution in [0, 0.1) is 12.3 Å². The van der Waals surface area contributed by atoms with Crippen LogP contribution in [0.3, 0.4) is 0 Å². The summed E-state index contributed by atoms with van der Waals surface area (Å²) < 4.78 is 15.8. The van der Waals surface area contributed by atoms with E-state index in [-0.39, 0.29) is 11.4 Å². The molecule has 0 unspecified atom stereocenters. The van der Waals surface area contributed by atoms with E-state index in [4.69, 9.17) is 14.2 Å². The van der Waals surface area contributed by atoms with E-state index in [1.54, 1.807) is 0 Å². The van der Waals surface area contributed by atoms with E-state index in [1.165, 1.54) is 18.2 Å². The fourth-order valence-corrected chi connectivity index (χ4v) is 3.20. The summed E-state index contributed by atoms with van der Waals surface area (Å²) in [5.74, 6) is -0.190. The molecule has 0 N–H and O–H groups in total. The van der Waals surface area contributed by atoms with Crippen LogP contribution in [-0.4, -0.2) is 39.5 Å². The third-order valence-corrected chi connectivity index (χ3v) is 4.55. The summed E-state index contributed by atoms with van der Waals surface area (Å²) in [6.07, 6.45) is 0. The standard InChI is InChI=1S/C15H18O4/c1-11-5-3-4-6-12(11)14(7-18-8-14)15(9-19-10-15)13(16)17-2/h3-6H,7-10H2,1-2H3. The van der Waals surface area contributed by atoms with Crippen LogP contribution in [0.1, 0.15) is 11.1 Å². The molecule has 1 aromatic rings. The van der Waals surface area contributed by atoms with Crippen molar-refractivity contribution in [2.75, 3.05) is 33.5 Å². The summed E-state index contributed by atoms with van der Waals surface area (Å²) in [4.78, 5) is 12.3. The van der Waals surface area contributed by atoms with Gasteiger partial charge in [0.2, 0.25) is 0 Å². The van der Waals surface area contributed by atoms with Crippen LogP contribution in [0.5, 0.6) is 0 Å². The SMILES string of the molecule is COC(=O)C1(C2(c3ccccc3C)COC2)COC1. The zero-order valence-corrected chi connectivity index (χ0v) is 11.3. The Morgan fingerprint density at radius 1 is 1.16 bits per heavy atom. The van der Waals surface area contributed by atoms with Gasteiger partial charge in [-0.2, -0.15) is 0 Å². The summed E-state index contributed by atoms with van der Waals surface area (Å²) in [6, 6.07) is 8.17. The minimum atomic E-state index is -0.591. The van der Waals surface area contributed by atoms with Crippen molar-refractivity contribution in [1.29, 1.82) is 0 Å². The summed E-state index contributed by atoms with van der Waals surface area (Å²) in [7, 11) is 1.44. The lowest BCUT2D eigenvalue weighted by atomic mass is 9.56. The van der Waals surface area contributed by atoms with Gasteiger partial charge in [0.25, 0.3) is 0 Å². The highest BCUT2D eigenvalue weighted by molar-refractivity contribution is 5.81. The van der Waals surface area contributed by atoms with Gasteiger partial charge in [-0.25, -0.2) is 0 Å². The normalized spacial score (nSPS) is 23.1. The molecule has 1 aromatic carbocycles. The molecule has 2 saturated heterocycles. The number of aryl methyl sites for hydroxylation is 1. The number of ether oxygens (including phenoxy) is 3. The number of carbonyl (C=O) groups is 1. The van der Waals surface area contributed by atoms with Gasteiger partial charge in [0.15, 0.2) is 0 Å². The van der Waals surface area contributed by atoms with Crippen LogP contribution >= 0.6 is 0 Å². The second-order valence-corrected chi connectivity index (χ2v) is 5.46. The van der Waals surface area contributed by atoms with Crippen molar-refractivity contribution in [2.24, 2.45) is 5.41 Å². The van der Waals surface area contributed by atoms with Crippen LogP contribution in [0.25, 0.3) is 0 Å².